The highest BCUT2D eigenvalue weighted by molar-refractivity contribution is 6.33. The number of aromatic nitrogens is 2. The van der Waals surface area contributed by atoms with Crippen molar-refractivity contribution in [1.29, 1.82) is 0 Å². The second-order valence-corrected chi connectivity index (χ2v) is 13.0. The molecule has 0 aliphatic heterocycles. The van der Waals surface area contributed by atoms with Crippen molar-refractivity contribution >= 4 is 17.5 Å². The number of rotatable bonds is 13. The fourth-order valence-electron chi connectivity index (χ4n) is 5.00. The highest BCUT2D eigenvalue weighted by atomic mass is 35.5. The van der Waals surface area contributed by atoms with Crippen molar-refractivity contribution in [2.75, 3.05) is 13.2 Å². The average Bonchev–Trinajstić information content (AvgIpc) is 3.44. The van der Waals surface area contributed by atoms with Crippen LogP contribution < -0.4 is 10.1 Å². The van der Waals surface area contributed by atoms with Gasteiger partial charge >= 0.3 is 0 Å². The summed E-state index contributed by atoms with van der Waals surface area (Å²) in [6, 6.07) is 24.0. The molecule has 0 unspecified atom stereocenters. The van der Waals surface area contributed by atoms with Crippen molar-refractivity contribution in [3.63, 3.8) is 0 Å². The van der Waals surface area contributed by atoms with Crippen molar-refractivity contribution in [2.45, 2.75) is 85.0 Å². The number of hydrogen-bond acceptors (Lipinski definition) is 3. The molecule has 1 heterocycles. The molecule has 0 bridgehead atoms. The van der Waals surface area contributed by atoms with Crippen LogP contribution in [0.1, 0.15) is 94.4 Å². The average molecular weight is 600 g/mol. The molecular weight excluding hydrogens is 554 g/mol. The van der Waals surface area contributed by atoms with Gasteiger partial charge in [0, 0.05) is 17.7 Å². The van der Waals surface area contributed by atoms with Crippen LogP contribution in [-0.4, -0.2) is 28.8 Å². The molecule has 0 fully saturated rings. The van der Waals surface area contributed by atoms with Gasteiger partial charge in [0.1, 0.15) is 11.4 Å². The van der Waals surface area contributed by atoms with Crippen LogP contribution in [0, 0.1) is 6.92 Å². The summed E-state index contributed by atoms with van der Waals surface area (Å²) in [6.45, 7) is 16.8. The predicted molar refractivity (Wildman–Crippen MR) is 179 cm³/mol. The van der Waals surface area contributed by atoms with Gasteiger partial charge < -0.3 is 10.1 Å². The summed E-state index contributed by atoms with van der Waals surface area (Å²) in [4.78, 5) is 13.4. The Bertz CT molecular complexity index is 1550. The smallest absolute Gasteiger partial charge is 0.270 e. The van der Waals surface area contributed by atoms with Crippen LogP contribution in [0.2, 0.25) is 5.02 Å². The molecule has 0 aliphatic carbocycles. The molecule has 43 heavy (non-hydrogen) atoms. The normalized spacial score (nSPS) is 11.9. The Balaban J connectivity index is 1.41. The quantitative estimate of drug-likeness (QED) is 0.156. The van der Waals surface area contributed by atoms with E-state index in [-0.39, 0.29) is 16.7 Å². The number of nitrogens with one attached hydrogen (secondary N) is 1. The third-order valence-corrected chi connectivity index (χ3v) is 9.04. The van der Waals surface area contributed by atoms with Gasteiger partial charge in [-0.2, -0.15) is 5.10 Å². The first-order valence-corrected chi connectivity index (χ1v) is 15.8. The first-order valence-electron chi connectivity index (χ1n) is 15.4. The van der Waals surface area contributed by atoms with Crippen molar-refractivity contribution in [2.24, 2.45) is 0 Å². The zero-order chi connectivity index (χ0) is 31.2. The molecule has 0 saturated heterocycles. The van der Waals surface area contributed by atoms with Gasteiger partial charge in [0.2, 0.25) is 0 Å². The second-order valence-electron chi connectivity index (χ2n) is 12.6. The molecule has 6 heteroatoms. The monoisotopic (exact) mass is 599 g/mol. The fourth-order valence-corrected chi connectivity index (χ4v) is 5.23. The van der Waals surface area contributed by atoms with Crippen LogP contribution in [0.4, 0.5) is 0 Å². The lowest BCUT2D eigenvalue weighted by Crippen LogP contribution is -2.27. The lowest BCUT2D eigenvalue weighted by atomic mass is 9.76. The van der Waals surface area contributed by atoms with Gasteiger partial charge in [-0.15, -0.1) is 0 Å². The Morgan fingerprint density at radius 3 is 2.35 bits per heavy atom. The minimum absolute atomic E-state index is 0.0201. The van der Waals surface area contributed by atoms with Gasteiger partial charge in [0.05, 0.1) is 23.0 Å². The summed E-state index contributed by atoms with van der Waals surface area (Å²) < 4.78 is 8.03. The largest absolute Gasteiger partial charge is 0.493 e. The molecule has 3 aromatic carbocycles. The summed E-state index contributed by atoms with van der Waals surface area (Å²) in [5, 5.41) is 8.46. The molecule has 4 aromatic rings. The van der Waals surface area contributed by atoms with Gasteiger partial charge in [-0.1, -0.05) is 95.6 Å². The van der Waals surface area contributed by atoms with Gasteiger partial charge in [-0.05, 0) is 84.9 Å². The van der Waals surface area contributed by atoms with Gasteiger partial charge in [0.15, 0.2) is 0 Å². The summed E-state index contributed by atoms with van der Waals surface area (Å²) in [5.74, 6) is 0.787. The zero-order valence-electron chi connectivity index (χ0n) is 26.8. The maximum absolute atomic E-state index is 13.4. The zero-order valence-corrected chi connectivity index (χ0v) is 27.5. The first kappa shape index (κ1) is 32.3. The number of amides is 1. The number of carbonyl (C=O) groups excluding carboxylic acids is 1. The maximum atomic E-state index is 13.4. The standard InChI is InChI=1S/C37H46ClN3O2/c1-8-36(4,5)27-19-20-34(30(24-27)37(6,7)9-2)43-22-13-12-21-39-35(42)33-25-32(29-17-10-11-18-31(29)38)40-41(33)28-16-14-15-26(3)23-28/h10-11,14-20,23-25H,8-9,12-13,21-22H2,1-7H3,(H,39,42). The van der Waals surface area contributed by atoms with E-state index in [4.69, 9.17) is 21.4 Å². The minimum atomic E-state index is -0.172. The Labute approximate surface area is 262 Å². The number of carbonyl (C=O) groups is 1. The number of aryl methyl sites for hydroxylation is 1. The van der Waals surface area contributed by atoms with Crippen molar-refractivity contribution in [3.8, 4) is 22.7 Å². The summed E-state index contributed by atoms with van der Waals surface area (Å²) in [5.41, 5.74) is 6.60. The Morgan fingerprint density at radius 1 is 0.907 bits per heavy atom. The molecule has 0 radical (unpaired) electrons. The van der Waals surface area contributed by atoms with Gasteiger partial charge in [-0.3, -0.25) is 4.79 Å². The number of benzene rings is 3. The van der Waals surface area contributed by atoms with Crippen LogP contribution in [0.15, 0.2) is 72.8 Å². The van der Waals surface area contributed by atoms with E-state index in [1.807, 2.05) is 61.5 Å². The molecule has 0 spiro atoms. The van der Waals surface area contributed by atoms with E-state index in [2.05, 4.69) is 65.1 Å². The highest BCUT2D eigenvalue weighted by Gasteiger charge is 2.26. The summed E-state index contributed by atoms with van der Waals surface area (Å²) in [6.07, 6.45) is 3.74. The van der Waals surface area contributed by atoms with E-state index in [1.165, 1.54) is 11.1 Å². The van der Waals surface area contributed by atoms with E-state index >= 15 is 0 Å². The Kier molecular flexibility index (Phi) is 10.4. The second kappa shape index (κ2) is 13.8. The van der Waals surface area contributed by atoms with Crippen molar-refractivity contribution < 1.29 is 9.53 Å². The fraction of sp³-hybridized carbons (Fsp3) is 0.405. The van der Waals surface area contributed by atoms with Crippen LogP contribution in [-0.2, 0) is 10.8 Å². The molecule has 5 nitrogen and oxygen atoms in total. The number of hydrogen-bond donors (Lipinski definition) is 1. The van der Waals surface area contributed by atoms with Crippen molar-refractivity contribution in [3.05, 3.63) is 100 Å². The van der Waals surface area contributed by atoms with E-state index in [9.17, 15) is 4.79 Å². The SMILES string of the molecule is CCC(C)(C)c1ccc(OCCCCNC(=O)c2cc(-c3ccccc3Cl)nn2-c2cccc(C)c2)c(C(C)(C)CC)c1. The molecule has 1 N–H and O–H groups in total. The lowest BCUT2D eigenvalue weighted by molar-refractivity contribution is 0.0944. The highest BCUT2D eigenvalue weighted by Crippen LogP contribution is 2.38. The van der Waals surface area contributed by atoms with E-state index < -0.39 is 0 Å². The van der Waals surface area contributed by atoms with E-state index in [0.29, 0.717) is 29.6 Å². The molecule has 0 aliphatic rings. The Morgan fingerprint density at radius 2 is 1.65 bits per heavy atom. The van der Waals surface area contributed by atoms with E-state index in [1.54, 1.807) is 4.68 Å². The van der Waals surface area contributed by atoms with Gasteiger partial charge in [-0.25, -0.2) is 4.68 Å². The molecule has 0 saturated carbocycles. The molecule has 0 atom stereocenters. The molecule has 228 valence electrons. The van der Waals surface area contributed by atoms with Crippen LogP contribution in [0.3, 0.4) is 0 Å². The van der Waals surface area contributed by atoms with Crippen LogP contribution in [0.5, 0.6) is 5.75 Å². The van der Waals surface area contributed by atoms with E-state index in [0.717, 1.165) is 48.2 Å². The number of nitrogens with zero attached hydrogens (tertiary/aromatic N) is 2. The molecule has 1 aromatic heterocycles. The number of halogens is 1. The van der Waals surface area contributed by atoms with Crippen LogP contribution in [0.25, 0.3) is 16.9 Å². The Hall–Kier alpha value is -3.57. The summed E-state index contributed by atoms with van der Waals surface area (Å²) >= 11 is 6.46. The first-order chi connectivity index (χ1) is 20.5. The van der Waals surface area contributed by atoms with Gasteiger partial charge in [0.25, 0.3) is 5.91 Å². The topological polar surface area (TPSA) is 56.1 Å². The summed E-state index contributed by atoms with van der Waals surface area (Å²) in [7, 11) is 0. The third kappa shape index (κ3) is 7.69. The molecule has 4 rings (SSSR count). The lowest BCUT2D eigenvalue weighted by Gasteiger charge is -2.30. The molecular formula is C37H46ClN3O2. The molecule has 1 amide bonds. The third-order valence-electron chi connectivity index (χ3n) is 8.71. The van der Waals surface area contributed by atoms with Crippen molar-refractivity contribution in [1.82, 2.24) is 15.1 Å². The number of unbranched alkanes of at least 4 members (excludes halogenated alkanes) is 1. The minimum Gasteiger partial charge on any atom is -0.493 e. The predicted octanol–water partition coefficient (Wildman–Crippen LogP) is 9.47. The maximum Gasteiger partial charge on any atom is 0.270 e. The number of ether oxygens (including phenoxy) is 1. The van der Waals surface area contributed by atoms with Crippen LogP contribution >= 0.6 is 11.6 Å².